The average molecular weight is 318 g/mol. The van der Waals surface area contributed by atoms with Crippen molar-refractivity contribution in [1.29, 1.82) is 0 Å². The van der Waals surface area contributed by atoms with Gasteiger partial charge in [-0.1, -0.05) is 0 Å². The molecule has 0 aliphatic carbocycles. The Morgan fingerprint density at radius 3 is 2.71 bits per heavy atom. The molecule has 0 bridgehead atoms. The van der Waals surface area contributed by atoms with Gasteiger partial charge in [0.1, 0.15) is 11.6 Å². The Morgan fingerprint density at radius 2 is 2.06 bits per heavy atom. The summed E-state index contributed by atoms with van der Waals surface area (Å²) in [5.41, 5.74) is 0.678. The number of ether oxygens (including phenoxy) is 1. The summed E-state index contributed by atoms with van der Waals surface area (Å²) < 4.78 is 19.0. The summed E-state index contributed by atoms with van der Waals surface area (Å²) in [4.78, 5) is 7.78. The first-order chi connectivity index (χ1) is 8.04. The first kappa shape index (κ1) is 12.3. The van der Waals surface area contributed by atoms with Gasteiger partial charge in [0.05, 0.1) is 4.47 Å². The highest BCUT2D eigenvalue weighted by Gasteiger charge is 2.05. The Morgan fingerprint density at radius 1 is 1.29 bits per heavy atom. The lowest BCUT2D eigenvalue weighted by Gasteiger charge is -2.06. The van der Waals surface area contributed by atoms with Gasteiger partial charge < -0.3 is 4.74 Å². The van der Waals surface area contributed by atoms with E-state index >= 15 is 0 Å². The summed E-state index contributed by atoms with van der Waals surface area (Å²) in [7, 11) is 0. The van der Waals surface area contributed by atoms with E-state index in [4.69, 9.17) is 16.3 Å². The predicted molar refractivity (Wildman–Crippen MR) is 66.0 cm³/mol. The zero-order valence-electron chi connectivity index (χ0n) is 8.75. The van der Waals surface area contributed by atoms with Crippen LogP contribution in [0.4, 0.5) is 4.39 Å². The molecule has 0 fully saturated rings. The van der Waals surface area contributed by atoms with Crippen LogP contribution in [0.1, 0.15) is 5.69 Å². The SMILES string of the molecule is Cc1cc(Oc2ccc(Br)c(F)c2)nc(Cl)n1. The molecule has 2 aromatic rings. The van der Waals surface area contributed by atoms with Crippen LogP contribution in [0.5, 0.6) is 11.6 Å². The van der Waals surface area contributed by atoms with Crippen LogP contribution in [0.3, 0.4) is 0 Å². The number of nitrogens with zero attached hydrogens (tertiary/aromatic N) is 2. The Hall–Kier alpha value is -1.20. The predicted octanol–water partition coefficient (Wildman–Crippen LogP) is 4.13. The standard InChI is InChI=1S/C11H7BrClFN2O/c1-6-4-10(16-11(13)15-6)17-7-2-3-8(12)9(14)5-7/h2-5H,1H3. The molecule has 0 saturated heterocycles. The fraction of sp³-hybridized carbons (Fsp3) is 0.0909. The van der Waals surface area contributed by atoms with E-state index in [0.29, 0.717) is 15.9 Å². The van der Waals surface area contributed by atoms with Crippen molar-refractivity contribution in [2.24, 2.45) is 0 Å². The minimum Gasteiger partial charge on any atom is -0.439 e. The molecule has 6 heteroatoms. The van der Waals surface area contributed by atoms with Gasteiger partial charge in [-0.3, -0.25) is 0 Å². The maximum absolute atomic E-state index is 13.3. The molecule has 17 heavy (non-hydrogen) atoms. The van der Waals surface area contributed by atoms with Crippen molar-refractivity contribution >= 4 is 27.5 Å². The highest BCUT2D eigenvalue weighted by Crippen LogP contribution is 2.25. The zero-order valence-corrected chi connectivity index (χ0v) is 11.1. The van der Waals surface area contributed by atoms with Gasteiger partial charge in [0, 0.05) is 17.8 Å². The van der Waals surface area contributed by atoms with Gasteiger partial charge in [-0.05, 0) is 46.6 Å². The monoisotopic (exact) mass is 316 g/mol. The van der Waals surface area contributed by atoms with Crippen molar-refractivity contribution in [2.45, 2.75) is 6.92 Å². The molecule has 0 aliphatic rings. The number of hydrogen-bond acceptors (Lipinski definition) is 3. The van der Waals surface area contributed by atoms with Gasteiger partial charge in [0.2, 0.25) is 11.2 Å². The lowest BCUT2D eigenvalue weighted by molar-refractivity contribution is 0.455. The lowest BCUT2D eigenvalue weighted by Crippen LogP contribution is -1.93. The first-order valence-corrected chi connectivity index (χ1v) is 5.86. The van der Waals surface area contributed by atoms with Crippen LogP contribution in [0.2, 0.25) is 5.28 Å². The van der Waals surface area contributed by atoms with Gasteiger partial charge in [-0.2, -0.15) is 4.98 Å². The molecule has 0 spiro atoms. The second-order valence-electron chi connectivity index (χ2n) is 3.29. The highest BCUT2D eigenvalue weighted by molar-refractivity contribution is 9.10. The maximum Gasteiger partial charge on any atom is 0.225 e. The molecule has 0 unspecified atom stereocenters. The van der Waals surface area contributed by atoms with E-state index in [1.807, 2.05) is 0 Å². The summed E-state index contributed by atoms with van der Waals surface area (Å²) in [6.45, 7) is 1.77. The van der Waals surface area contributed by atoms with E-state index in [0.717, 1.165) is 0 Å². The topological polar surface area (TPSA) is 35.0 Å². The molecule has 2 rings (SSSR count). The van der Waals surface area contributed by atoms with Crippen molar-refractivity contribution in [3.63, 3.8) is 0 Å². The molecule has 0 amide bonds. The van der Waals surface area contributed by atoms with Crippen LogP contribution in [-0.4, -0.2) is 9.97 Å². The van der Waals surface area contributed by atoms with E-state index in [1.165, 1.54) is 6.07 Å². The molecular weight excluding hydrogens is 310 g/mol. The second-order valence-corrected chi connectivity index (χ2v) is 4.49. The van der Waals surface area contributed by atoms with E-state index in [1.54, 1.807) is 25.1 Å². The smallest absolute Gasteiger partial charge is 0.225 e. The van der Waals surface area contributed by atoms with Gasteiger partial charge in [-0.25, -0.2) is 9.37 Å². The number of halogens is 3. The summed E-state index contributed by atoms with van der Waals surface area (Å²) in [5, 5.41) is 0.0950. The van der Waals surface area contributed by atoms with E-state index in [9.17, 15) is 4.39 Å². The third-order valence-corrected chi connectivity index (χ3v) is 2.73. The van der Waals surface area contributed by atoms with Crippen molar-refractivity contribution in [2.75, 3.05) is 0 Å². The molecule has 0 radical (unpaired) electrons. The summed E-state index contributed by atoms with van der Waals surface area (Å²) in [5.74, 6) is 0.225. The fourth-order valence-electron chi connectivity index (χ4n) is 1.22. The van der Waals surface area contributed by atoms with Gasteiger partial charge in [0.15, 0.2) is 0 Å². The number of hydrogen-bond donors (Lipinski definition) is 0. The third kappa shape index (κ3) is 3.14. The Bertz CT molecular complexity index is 545. The molecule has 88 valence electrons. The molecule has 0 saturated carbocycles. The molecule has 1 aromatic heterocycles. The van der Waals surface area contributed by atoms with Crippen molar-refractivity contribution in [1.82, 2.24) is 9.97 Å². The molecule has 0 aliphatic heterocycles. The molecule has 0 atom stereocenters. The molecule has 0 N–H and O–H groups in total. The van der Waals surface area contributed by atoms with Crippen LogP contribution in [0.25, 0.3) is 0 Å². The summed E-state index contributed by atoms with van der Waals surface area (Å²) >= 11 is 8.75. The average Bonchev–Trinajstić information content (AvgIpc) is 2.22. The van der Waals surface area contributed by atoms with Gasteiger partial charge >= 0.3 is 0 Å². The van der Waals surface area contributed by atoms with Gasteiger partial charge in [0.25, 0.3) is 0 Å². The summed E-state index contributed by atoms with van der Waals surface area (Å²) in [6.07, 6.45) is 0. The number of aryl methyl sites for hydroxylation is 1. The Balaban J connectivity index is 2.28. The largest absolute Gasteiger partial charge is 0.439 e. The van der Waals surface area contributed by atoms with Crippen LogP contribution in [0, 0.1) is 12.7 Å². The van der Waals surface area contributed by atoms with E-state index in [-0.39, 0.29) is 11.2 Å². The molecule has 3 nitrogen and oxygen atoms in total. The van der Waals surface area contributed by atoms with Crippen LogP contribution in [0.15, 0.2) is 28.7 Å². The Labute approximate surface area is 111 Å². The van der Waals surface area contributed by atoms with Crippen LogP contribution in [-0.2, 0) is 0 Å². The minimum absolute atomic E-state index is 0.0950. The van der Waals surface area contributed by atoms with Crippen LogP contribution < -0.4 is 4.74 Å². The normalized spacial score (nSPS) is 10.4. The highest BCUT2D eigenvalue weighted by atomic mass is 79.9. The van der Waals surface area contributed by atoms with Crippen molar-refractivity contribution in [3.05, 3.63) is 45.5 Å². The van der Waals surface area contributed by atoms with E-state index < -0.39 is 5.82 Å². The number of benzene rings is 1. The van der Waals surface area contributed by atoms with Crippen molar-refractivity contribution in [3.8, 4) is 11.6 Å². The summed E-state index contributed by atoms with van der Waals surface area (Å²) in [6, 6.07) is 6.06. The first-order valence-electron chi connectivity index (χ1n) is 4.69. The quantitative estimate of drug-likeness (QED) is 0.781. The maximum atomic E-state index is 13.3. The zero-order chi connectivity index (χ0) is 12.4. The van der Waals surface area contributed by atoms with Gasteiger partial charge in [-0.15, -0.1) is 0 Å². The minimum atomic E-state index is -0.403. The van der Waals surface area contributed by atoms with E-state index in [2.05, 4.69) is 25.9 Å². The molecule has 1 aromatic carbocycles. The van der Waals surface area contributed by atoms with Crippen LogP contribution >= 0.6 is 27.5 Å². The number of aromatic nitrogens is 2. The number of rotatable bonds is 2. The lowest BCUT2D eigenvalue weighted by atomic mass is 10.3. The second kappa shape index (κ2) is 4.98. The van der Waals surface area contributed by atoms with Crippen molar-refractivity contribution < 1.29 is 9.13 Å². The molecular formula is C11H7BrClFN2O. The fourth-order valence-corrected chi connectivity index (χ4v) is 1.68. The third-order valence-electron chi connectivity index (χ3n) is 1.92. The molecule has 1 heterocycles. The Kier molecular flexibility index (Phi) is 3.59.